The summed E-state index contributed by atoms with van der Waals surface area (Å²) in [5, 5.41) is 2.73. The zero-order valence-electron chi connectivity index (χ0n) is 18.8. The molecule has 0 aliphatic rings. The normalized spacial score (nSPS) is 12.8. The zero-order valence-corrected chi connectivity index (χ0v) is 18.8. The van der Waals surface area contributed by atoms with Crippen molar-refractivity contribution >= 4 is 22.9 Å². The lowest BCUT2D eigenvalue weighted by Gasteiger charge is -2.16. The molecular formula is C26H25F3N4O. The lowest BCUT2D eigenvalue weighted by atomic mass is 9.99. The van der Waals surface area contributed by atoms with Crippen molar-refractivity contribution in [3.63, 3.8) is 0 Å². The van der Waals surface area contributed by atoms with Crippen LogP contribution in [-0.2, 0) is 11.0 Å². The number of amides is 1. The smallest absolute Gasteiger partial charge is 0.324 e. The molecule has 1 amide bonds. The minimum atomic E-state index is -4.47. The van der Waals surface area contributed by atoms with Crippen LogP contribution in [0.25, 0.3) is 22.2 Å². The highest BCUT2D eigenvalue weighted by molar-refractivity contribution is 5.92. The Balaban J connectivity index is 1.51. The Hall–Kier alpha value is -3.65. The number of aromatic nitrogens is 2. The summed E-state index contributed by atoms with van der Waals surface area (Å²) in [6.45, 7) is 3.74. The number of alkyl halides is 3. The fraction of sp³-hybridized carbons (Fsp3) is 0.231. The van der Waals surface area contributed by atoms with Gasteiger partial charge in [0.2, 0.25) is 11.9 Å². The lowest BCUT2D eigenvalue weighted by molar-refractivity contribution is -0.137. The Labute approximate surface area is 195 Å². The quantitative estimate of drug-likeness (QED) is 0.349. The van der Waals surface area contributed by atoms with E-state index in [-0.39, 0.29) is 29.8 Å². The number of hydrogen-bond donors (Lipinski definition) is 2. The van der Waals surface area contributed by atoms with Gasteiger partial charge in [0.15, 0.2) is 0 Å². The van der Waals surface area contributed by atoms with E-state index in [0.717, 1.165) is 28.8 Å². The Bertz CT molecular complexity index is 1300. The van der Waals surface area contributed by atoms with Crippen molar-refractivity contribution in [1.29, 1.82) is 0 Å². The van der Waals surface area contributed by atoms with Crippen molar-refractivity contribution in [2.75, 3.05) is 5.32 Å². The monoisotopic (exact) mass is 466 g/mol. The third kappa shape index (κ3) is 4.97. The lowest BCUT2D eigenvalue weighted by Crippen LogP contribution is -2.22. The third-order valence-corrected chi connectivity index (χ3v) is 5.64. The van der Waals surface area contributed by atoms with Crippen LogP contribution >= 0.6 is 0 Å². The highest BCUT2D eigenvalue weighted by Gasteiger charge is 2.31. The van der Waals surface area contributed by atoms with Gasteiger partial charge in [-0.1, -0.05) is 54.6 Å². The van der Waals surface area contributed by atoms with E-state index in [1.54, 1.807) is 4.57 Å². The predicted molar refractivity (Wildman–Crippen MR) is 127 cm³/mol. The number of nitrogens with zero attached hydrogens (tertiary/aromatic N) is 2. The second-order valence-corrected chi connectivity index (χ2v) is 8.45. The van der Waals surface area contributed by atoms with Gasteiger partial charge in [-0.2, -0.15) is 13.2 Å². The first-order chi connectivity index (χ1) is 16.1. The second kappa shape index (κ2) is 9.30. The maximum Gasteiger partial charge on any atom is 0.416 e. The Morgan fingerprint density at radius 2 is 1.65 bits per heavy atom. The van der Waals surface area contributed by atoms with Crippen LogP contribution in [0.4, 0.5) is 19.1 Å². The molecule has 0 saturated heterocycles. The van der Waals surface area contributed by atoms with Crippen LogP contribution < -0.4 is 11.1 Å². The minimum Gasteiger partial charge on any atom is -0.324 e. The van der Waals surface area contributed by atoms with Crippen molar-refractivity contribution in [1.82, 2.24) is 9.55 Å². The SMILES string of the molecule is CC(C)n1c(NC(=O)CC(N)c2ccc(-c3ccccc3)cc2)nc2cc(C(F)(F)F)ccc21. The number of fused-ring (bicyclic) bond motifs is 1. The topological polar surface area (TPSA) is 72.9 Å². The molecule has 0 aliphatic carbocycles. The van der Waals surface area contributed by atoms with Crippen molar-refractivity contribution in [2.24, 2.45) is 5.73 Å². The zero-order chi connectivity index (χ0) is 24.5. The number of rotatable bonds is 6. The molecule has 3 aromatic carbocycles. The average molecular weight is 467 g/mol. The van der Waals surface area contributed by atoms with Gasteiger partial charge in [0.25, 0.3) is 0 Å². The first kappa shape index (κ1) is 23.5. The predicted octanol–water partition coefficient (Wildman–Crippen LogP) is 6.33. The molecule has 4 aromatic rings. The molecular weight excluding hydrogens is 441 g/mol. The maximum absolute atomic E-state index is 13.1. The molecule has 4 rings (SSSR count). The molecule has 1 aromatic heterocycles. The number of anilines is 1. The number of imidazole rings is 1. The molecule has 0 radical (unpaired) electrons. The molecule has 0 spiro atoms. The number of benzene rings is 3. The molecule has 5 nitrogen and oxygen atoms in total. The molecule has 0 aliphatic heterocycles. The summed E-state index contributed by atoms with van der Waals surface area (Å²) < 4.78 is 41.0. The summed E-state index contributed by atoms with van der Waals surface area (Å²) in [5.41, 5.74) is 9.10. The molecule has 3 N–H and O–H groups in total. The summed E-state index contributed by atoms with van der Waals surface area (Å²) in [4.78, 5) is 17.0. The van der Waals surface area contributed by atoms with Gasteiger partial charge in [-0.15, -0.1) is 0 Å². The minimum absolute atomic E-state index is 0.000213. The molecule has 1 heterocycles. The Morgan fingerprint density at radius 1 is 1.00 bits per heavy atom. The first-order valence-electron chi connectivity index (χ1n) is 10.9. The van der Waals surface area contributed by atoms with Gasteiger partial charge in [-0.3, -0.25) is 10.1 Å². The van der Waals surface area contributed by atoms with Crippen LogP contribution in [0.2, 0.25) is 0 Å². The molecule has 8 heteroatoms. The van der Waals surface area contributed by atoms with Gasteiger partial charge in [-0.25, -0.2) is 4.98 Å². The van der Waals surface area contributed by atoms with Gasteiger partial charge < -0.3 is 10.3 Å². The third-order valence-electron chi connectivity index (χ3n) is 5.64. The van der Waals surface area contributed by atoms with Crippen molar-refractivity contribution in [3.8, 4) is 11.1 Å². The van der Waals surface area contributed by atoms with E-state index in [2.05, 4.69) is 10.3 Å². The number of carbonyl (C=O) groups excluding carboxylic acids is 1. The van der Waals surface area contributed by atoms with Crippen LogP contribution in [0.15, 0.2) is 72.8 Å². The number of nitrogens with two attached hydrogens (primary N) is 1. The van der Waals surface area contributed by atoms with E-state index in [9.17, 15) is 18.0 Å². The number of carbonyl (C=O) groups is 1. The summed E-state index contributed by atoms with van der Waals surface area (Å²) in [5.74, 6) is -0.172. The highest BCUT2D eigenvalue weighted by atomic mass is 19.4. The maximum atomic E-state index is 13.1. The summed E-state index contributed by atoms with van der Waals surface area (Å²) in [7, 11) is 0. The highest BCUT2D eigenvalue weighted by Crippen LogP contribution is 2.33. The Kier molecular flexibility index (Phi) is 6.43. The summed E-state index contributed by atoms with van der Waals surface area (Å²) in [6.07, 6.45) is -4.47. The van der Waals surface area contributed by atoms with E-state index in [0.29, 0.717) is 5.52 Å². The van der Waals surface area contributed by atoms with Crippen LogP contribution in [-0.4, -0.2) is 15.5 Å². The standard InChI is InChI=1S/C26H25F3N4O/c1-16(2)33-23-13-12-20(26(27,28)29)14-22(23)31-25(33)32-24(34)15-21(30)19-10-8-18(9-11-19)17-6-4-3-5-7-17/h3-14,16,21H,15,30H2,1-2H3,(H,31,32,34). The van der Waals surface area contributed by atoms with E-state index in [1.165, 1.54) is 6.07 Å². The van der Waals surface area contributed by atoms with Crippen LogP contribution in [0.5, 0.6) is 0 Å². The van der Waals surface area contributed by atoms with E-state index < -0.39 is 17.8 Å². The Morgan fingerprint density at radius 3 is 2.26 bits per heavy atom. The molecule has 0 bridgehead atoms. The molecule has 1 atom stereocenters. The van der Waals surface area contributed by atoms with Crippen LogP contribution in [0.3, 0.4) is 0 Å². The fourth-order valence-electron chi connectivity index (χ4n) is 3.93. The number of halogens is 3. The molecule has 1 unspecified atom stereocenters. The summed E-state index contributed by atoms with van der Waals surface area (Å²) >= 11 is 0. The van der Waals surface area contributed by atoms with E-state index >= 15 is 0 Å². The molecule has 0 fully saturated rings. The van der Waals surface area contributed by atoms with Gasteiger partial charge in [-0.05, 0) is 48.7 Å². The van der Waals surface area contributed by atoms with Crippen molar-refractivity contribution < 1.29 is 18.0 Å². The van der Waals surface area contributed by atoms with E-state index in [4.69, 9.17) is 5.73 Å². The van der Waals surface area contributed by atoms with Gasteiger partial charge in [0.1, 0.15) is 0 Å². The largest absolute Gasteiger partial charge is 0.416 e. The van der Waals surface area contributed by atoms with Crippen molar-refractivity contribution in [2.45, 2.75) is 38.5 Å². The van der Waals surface area contributed by atoms with Gasteiger partial charge >= 0.3 is 6.18 Å². The second-order valence-electron chi connectivity index (χ2n) is 8.45. The molecule has 176 valence electrons. The number of hydrogen-bond acceptors (Lipinski definition) is 3. The molecule has 34 heavy (non-hydrogen) atoms. The molecule has 0 saturated carbocycles. The average Bonchev–Trinajstić information content (AvgIpc) is 3.16. The van der Waals surface area contributed by atoms with E-state index in [1.807, 2.05) is 68.4 Å². The van der Waals surface area contributed by atoms with Crippen LogP contribution in [0, 0.1) is 0 Å². The fourth-order valence-corrected chi connectivity index (χ4v) is 3.93. The number of nitrogens with one attached hydrogen (secondary N) is 1. The van der Waals surface area contributed by atoms with Crippen molar-refractivity contribution in [3.05, 3.63) is 83.9 Å². The van der Waals surface area contributed by atoms with Gasteiger partial charge in [0.05, 0.1) is 16.6 Å². The first-order valence-corrected chi connectivity index (χ1v) is 10.9. The van der Waals surface area contributed by atoms with Gasteiger partial charge in [0, 0.05) is 18.5 Å². The van der Waals surface area contributed by atoms with Crippen LogP contribution in [0.1, 0.15) is 43.5 Å². The summed E-state index contributed by atoms with van der Waals surface area (Å²) in [6, 6.07) is 20.3.